The van der Waals surface area contributed by atoms with E-state index in [0.717, 1.165) is 4.90 Å². The lowest BCUT2D eigenvalue weighted by Crippen LogP contribution is -2.54. The highest BCUT2D eigenvalue weighted by Crippen LogP contribution is 2.20. The minimum Gasteiger partial charge on any atom is -0.273 e. The van der Waals surface area contributed by atoms with Gasteiger partial charge in [0.25, 0.3) is 11.8 Å². The summed E-state index contributed by atoms with van der Waals surface area (Å²) >= 11 is 0. The SMILES string of the molecule is O=Nc1cccc(/C=C/C=C2/C(=O)NC(=O)N(c3ccccc3)C2=O)c1. The molecule has 1 fully saturated rings. The molecule has 1 aliphatic rings. The van der Waals surface area contributed by atoms with Gasteiger partial charge in [0, 0.05) is 0 Å². The number of benzene rings is 2. The first-order chi connectivity index (χ1) is 12.6. The van der Waals surface area contributed by atoms with Crippen molar-refractivity contribution in [2.24, 2.45) is 5.18 Å². The number of para-hydroxylation sites is 1. The van der Waals surface area contributed by atoms with Crippen molar-refractivity contribution >= 4 is 35.3 Å². The van der Waals surface area contributed by atoms with Gasteiger partial charge in [-0.2, -0.15) is 0 Å². The molecule has 128 valence electrons. The Morgan fingerprint density at radius 1 is 0.962 bits per heavy atom. The normalized spacial score (nSPS) is 16.2. The molecule has 0 spiro atoms. The minimum absolute atomic E-state index is 0.172. The Balaban J connectivity index is 1.88. The maximum Gasteiger partial charge on any atom is 0.335 e. The van der Waals surface area contributed by atoms with Gasteiger partial charge >= 0.3 is 6.03 Å². The van der Waals surface area contributed by atoms with Gasteiger partial charge in [0.05, 0.1) is 5.69 Å². The van der Waals surface area contributed by atoms with Crippen molar-refractivity contribution in [2.75, 3.05) is 4.90 Å². The lowest BCUT2D eigenvalue weighted by atomic mass is 10.1. The zero-order valence-corrected chi connectivity index (χ0v) is 13.5. The van der Waals surface area contributed by atoms with Crippen LogP contribution in [-0.2, 0) is 9.59 Å². The molecule has 26 heavy (non-hydrogen) atoms. The Hall–Kier alpha value is -3.87. The number of allylic oxidation sites excluding steroid dienone is 2. The van der Waals surface area contributed by atoms with Gasteiger partial charge in [-0.05, 0) is 41.1 Å². The highest BCUT2D eigenvalue weighted by molar-refractivity contribution is 6.37. The van der Waals surface area contributed by atoms with Crippen LogP contribution in [0.25, 0.3) is 6.08 Å². The van der Waals surface area contributed by atoms with Crippen LogP contribution in [0.3, 0.4) is 0 Å². The van der Waals surface area contributed by atoms with Crippen LogP contribution in [-0.4, -0.2) is 17.8 Å². The van der Waals surface area contributed by atoms with Crippen molar-refractivity contribution < 1.29 is 14.4 Å². The minimum atomic E-state index is -0.794. The van der Waals surface area contributed by atoms with E-state index in [1.165, 1.54) is 12.2 Å². The number of nitrogens with zero attached hydrogens (tertiary/aromatic N) is 2. The van der Waals surface area contributed by atoms with E-state index >= 15 is 0 Å². The van der Waals surface area contributed by atoms with Crippen molar-refractivity contribution in [1.82, 2.24) is 5.32 Å². The number of hydrogen-bond donors (Lipinski definition) is 1. The van der Waals surface area contributed by atoms with E-state index in [0.29, 0.717) is 11.3 Å². The number of amides is 4. The molecule has 4 amide bonds. The molecule has 0 bridgehead atoms. The number of imide groups is 2. The van der Waals surface area contributed by atoms with E-state index < -0.39 is 17.8 Å². The quantitative estimate of drug-likeness (QED) is 0.521. The predicted molar refractivity (Wildman–Crippen MR) is 96.5 cm³/mol. The third-order valence-electron chi connectivity index (χ3n) is 3.64. The number of nitroso groups, excluding NO2 is 1. The molecular formula is C19H13N3O4. The summed E-state index contributed by atoms with van der Waals surface area (Å²) in [6.07, 6.45) is 4.43. The van der Waals surface area contributed by atoms with Crippen molar-refractivity contribution in [2.45, 2.75) is 0 Å². The standard InChI is InChI=1S/C19H13N3O4/c23-17-16(11-5-7-13-6-4-8-14(12-13)21-26)18(24)22(19(25)20-17)15-9-2-1-3-10-15/h1-12H,(H,20,23,25)/b7-5+,16-11-. The van der Waals surface area contributed by atoms with E-state index in [-0.39, 0.29) is 11.3 Å². The van der Waals surface area contributed by atoms with Crippen LogP contribution in [0.4, 0.5) is 16.2 Å². The first-order valence-corrected chi connectivity index (χ1v) is 7.67. The van der Waals surface area contributed by atoms with Crippen molar-refractivity contribution in [3.05, 3.63) is 82.8 Å². The van der Waals surface area contributed by atoms with Crippen LogP contribution in [0.15, 0.2) is 77.5 Å². The molecule has 1 aliphatic heterocycles. The van der Waals surface area contributed by atoms with Crippen molar-refractivity contribution in [3.8, 4) is 0 Å². The third-order valence-corrected chi connectivity index (χ3v) is 3.64. The van der Waals surface area contributed by atoms with Gasteiger partial charge in [-0.25, -0.2) is 9.69 Å². The zero-order chi connectivity index (χ0) is 18.5. The molecule has 1 saturated heterocycles. The number of carbonyl (C=O) groups excluding carboxylic acids is 3. The highest BCUT2D eigenvalue weighted by atomic mass is 16.3. The van der Waals surface area contributed by atoms with Crippen molar-refractivity contribution in [1.29, 1.82) is 0 Å². The van der Waals surface area contributed by atoms with Crippen LogP contribution in [0, 0.1) is 4.91 Å². The van der Waals surface area contributed by atoms with E-state index in [1.54, 1.807) is 60.7 Å². The molecule has 0 radical (unpaired) electrons. The molecule has 7 nitrogen and oxygen atoms in total. The number of carbonyl (C=O) groups is 3. The van der Waals surface area contributed by atoms with Crippen LogP contribution < -0.4 is 10.2 Å². The van der Waals surface area contributed by atoms with E-state index in [9.17, 15) is 19.3 Å². The average molecular weight is 347 g/mol. The van der Waals surface area contributed by atoms with Crippen LogP contribution >= 0.6 is 0 Å². The third kappa shape index (κ3) is 3.46. The number of anilines is 1. The van der Waals surface area contributed by atoms with Gasteiger partial charge in [-0.3, -0.25) is 14.9 Å². The molecule has 0 saturated carbocycles. The number of nitrogens with one attached hydrogen (secondary N) is 1. The molecule has 0 aromatic heterocycles. The molecule has 1 N–H and O–H groups in total. The number of rotatable bonds is 4. The second-order valence-corrected chi connectivity index (χ2v) is 5.36. The maximum absolute atomic E-state index is 12.6. The number of urea groups is 1. The molecule has 3 rings (SSSR count). The summed E-state index contributed by atoms with van der Waals surface area (Å²) in [4.78, 5) is 48.0. The van der Waals surface area contributed by atoms with Gasteiger partial charge < -0.3 is 0 Å². The molecule has 2 aromatic rings. The summed E-state index contributed by atoms with van der Waals surface area (Å²) in [6.45, 7) is 0. The van der Waals surface area contributed by atoms with Gasteiger partial charge in [0.2, 0.25) is 0 Å². The number of barbiturate groups is 1. The Kier molecular flexibility index (Phi) is 4.80. The Morgan fingerprint density at radius 2 is 1.73 bits per heavy atom. The topological polar surface area (TPSA) is 95.9 Å². The smallest absolute Gasteiger partial charge is 0.273 e. The summed E-state index contributed by atoms with van der Waals surface area (Å²) < 4.78 is 0. The lowest BCUT2D eigenvalue weighted by molar-refractivity contribution is -0.122. The molecule has 0 unspecified atom stereocenters. The van der Waals surface area contributed by atoms with E-state index in [1.807, 2.05) is 0 Å². The molecule has 0 aliphatic carbocycles. The van der Waals surface area contributed by atoms with E-state index in [4.69, 9.17) is 0 Å². The Bertz CT molecular complexity index is 948. The molecule has 1 heterocycles. The van der Waals surface area contributed by atoms with Crippen LogP contribution in [0.5, 0.6) is 0 Å². The van der Waals surface area contributed by atoms with Gasteiger partial charge in [0.1, 0.15) is 11.3 Å². The first-order valence-electron chi connectivity index (χ1n) is 7.67. The molecule has 0 atom stereocenters. The monoisotopic (exact) mass is 347 g/mol. The summed E-state index contributed by atoms with van der Waals surface area (Å²) in [6, 6.07) is 14.0. The fraction of sp³-hybridized carbons (Fsp3) is 0. The zero-order valence-electron chi connectivity index (χ0n) is 13.5. The van der Waals surface area contributed by atoms with Crippen LogP contribution in [0.2, 0.25) is 0 Å². The average Bonchev–Trinajstić information content (AvgIpc) is 2.65. The van der Waals surface area contributed by atoms with Gasteiger partial charge in [-0.15, -0.1) is 4.91 Å². The Morgan fingerprint density at radius 3 is 2.46 bits per heavy atom. The first kappa shape index (κ1) is 17.0. The summed E-state index contributed by atoms with van der Waals surface area (Å²) in [5.41, 5.74) is 1.14. The van der Waals surface area contributed by atoms with E-state index in [2.05, 4.69) is 10.5 Å². The molecular weight excluding hydrogens is 334 g/mol. The summed E-state index contributed by atoms with van der Waals surface area (Å²) in [5.74, 6) is -1.47. The molecule has 2 aromatic carbocycles. The Labute approximate surface area is 148 Å². The second-order valence-electron chi connectivity index (χ2n) is 5.36. The largest absolute Gasteiger partial charge is 0.335 e. The second kappa shape index (κ2) is 7.35. The maximum atomic E-state index is 12.6. The summed E-state index contributed by atoms with van der Waals surface area (Å²) in [5, 5.41) is 4.99. The molecule has 7 heteroatoms. The van der Waals surface area contributed by atoms with Crippen molar-refractivity contribution in [3.63, 3.8) is 0 Å². The highest BCUT2D eigenvalue weighted by Gasteiger charge is 2.36. The fourth-order valence-electron chi connectivity index (χ4n) is 2.43. The van der Waals surface area contributed by atoms with Crippen LogP contribution in [0.1, 0.15) is 5.56 Å². The lowest BCUT2D eigenvalue weighted by Gasteiger charge is -2.26. The van der Waals surface area contributed by atoms with Gasteiger partial charge in [0.15, 0.2) is 0 Å². The fourth-order valence-corrected chi connectivity index (χ4v) is 2.43. The predicted octanol–water partition coefficient (Wildman–Crippen LogP) is 3.31. The van der Waals surface area contributed by atoms with Gasteiger partial charge in [-0.1, -0.05) is 42.5 Å². The summed E-state index contributed by atoms with van der Waals surface area (Å²) in [7, 11) is 0. The number of hydrogen-bond acceptors (Lipinski definition) is 5.